The van der Waals surface area contributed by atoms with E-state index in [9.17, 15) is 0 Å². The molecule has 1 saturated carbocycles. The Hall–Kier alpha value is -0.730. The number of nitrogens with one attached hydrogen (secondary N) is 1. The average Bonchev–Trinajstić information content (AvgIpc) is 2.45. The first-order valence-electron chi connectivity index (χ1n) is 7.86. The molecule has 0 amide bonds. The third kappa shape index (κ3) is 4.39. The molecule has 0 aliphatic heterocycles. The number of halogens is 1. The molecule has 20 heavy (non-hydrogen) atoms. The molecule has 2 rings (SSSR count). The zero-order valence-electron chi connectivity index (χ0n) is 12.6. The SMILES string of the molecule is CCNC(C1CCCCC1)C(C)Oc1cccc(Cl)c1. The molecule has 0 saturated heterocycles. The fraction of sp³-hybridized carbons (Fsp3) is 0.647. The Morgan fingerprint density at radius 3 is 2.70 bits per heavy atom. The molecule has 1 aromatic rings. The van der Waals surface area contributed by atoms with Crippen LogP contribution in [0.5, 0.6) is 5.75 Å². The van der Waals surface area contributed by atoms with Crippen LogP contribution in [0.4, 0.5) is 0 Å². The molecule has 1 N–H and O–H groups in total. The molecule has 2 unspecified atom stereocenters. The number of benzene rings is 1. The minimum Gasteiger partial charge on any atom is -0.489 e. The molecule has 3 heteroatoms. The van der Waals surface area contributed by atoms with Crippen LogP contribution in [0.25, 0.3) is 0 Å². The van der Waals surface area contributed by atoms with Gasteiger partial charge < -0.3 is 10.1 Å². The van der Waals surface area contributed by atoms with Crippen molar-refractivity contribution in [1.29, 1.82) is 0 Å². The zero-order valence-corrected chi connectivity index (χ0v) is 13.3. The minimum absolute atomic E-state index is 0.163. The second-order valence-corrected chi connectivity index (χ2v) is 6.20. The lowest BCUT2D eigenvalue weighted by molar-refractivity contribution is 0.118. The summed E-state index contributed by atoms with van der Waals surface area (Å²) in [5, 5.41) is 4.36. The molecular weight excluding hydrogens is 270 g/mol. The zero-order chi connectivity index (χ0) is 14.4. The fourth-order valence-corrected chi connectivity index (χ4v) is 3.45. The lowest BCUT2D eigenvalue weighted by atomic mass is 9.82. The van der Waals surface area contributed by atoms with Crippen molar-refractivity contribution in [3.63, 3.8) is 0 Å². The van der Waals surface area contributed by atoms with Gasteiger partial charge in [0.2, 0.25) is 0 Å². The molecule has 2 atom stereocenters. The number of hydrogen-bond donors (Lipinski definition) is 1. The lowest BCUT2D eigenvalue weighted by Gasteiger charge is -2.35. The third-order valence-electron chi connectivity index (χ3n) is 4.22. The van der Waals surface area contributed by atoms with Gasteiger partial charge in [-0.1, -0.05) is 43.9 Å². The molecule has 112 valence electrons. The standard InChI is InChI=1S/C17H26ClNO/c1-3-19-17(14-8-5-4-6-9-14)13(2)20-16-11-7-10-15(18)12-16/h7,10-14,17,19H,3-6,8-9H2,1-2H3. The van der Waals surface area contributed by atoms with E-state index in [1.165, 1.54) is 32.1 Å². The van der Waals surface area contributed by atoms with Crippen LogP contribution >= 0.6 is 11.6 Å². The van der Waals surface area contributed by atoms with Crippen LogP contribution in [0.2, 0.25) is 5.02 Å². The van der Waals surface area contributed by atoms with Crippen molar-refractivity contribution in [2.24, 2.45) is 5.92 Å². The van der Waals surface area contributed by atoms with Gasteiger partial charge in [-0.25, -0.2) is 0 Å². The second kappa shape index (κ2) is 7.90. The van der Waals surface area contributed by atoms with Crippen molar-refractivity contribution in [3.05, 3.63) is 29.3 Å². The normalized spacial score (nSPS) is 19.6. The Bertz CT molecular complexity index is 404. The van der Waals surface area contributed by atoms with Gasteiger partial charge >= 0.3 is 0 Å². The van der Waals surface area contributed by atoms with Gasteiger partial charge in [0.05, 0.1) is 0 Å². The molecular formula is C17H26ClNO. The third-order valence-corrected chi connectivity index (χ3v) is 4.46. The topological polar surface area (TPSA) is 21.3 Å². The summed E-state index contributed by atoms with van der Waals surface area (Å²) < 4.78 is 6.12. The summed E-state index contributed by atoms with van der Waals surface area (Å²) in [6.45, 7) is 5.33. The van der Waals surface area contributed by atoms with Crippen molar-refractivity contribution in [3.8, 4) is 5.75 Å². The Morgan fingerprint density at radius 1 is 1.30 bits per heavy atom. The summed E-state index contributed by atoms with van der Waals surface area (Å²) in [5.41, 5.74) is 0. The van der Waals surface area contributed by atoms with E-state index in [1.54, 1.807) is 0 Å². The lowest BCUT2D eigenvalue weighted by Crippen LogP contribution is -2.47. The van der Waals surface area contributed by atoms with Crippen LogP contribution < -0.4 is 10.1 Å². The van der Waals surface area contributed by atoms with Gasteiger partial charge in [-0.2, -0.15) is 0 Å². The van der Waals surface area contributed by atoms with Crippen molar-refractivity contribution in [2.45, 2.75) is 58.1 Å². The minimum atomic E-state index is 0.163. The van der Waals surface area contributed by atoms with E-state index in [0.717, 1.165) is 23.2 Å². The maximum absolute atomic E-state index is 6.12. The van der Waals surface area contributed by atoms with Gasteiger partial charge in [0.25, 0.3) is 0 Å². The highest BCUT2D eigenvalue weighted by Crippen LogP contribution is 2.29. The summed E-state index contributed by atoms with van der Waals surface area (Å²) in [7, 11) is 0. The molecule has 0 aromatic heterocycles. The summed E-state index contributed by atoms with van der Waals surface area (Å²) in [4.78, 5) is 0. The number of hydrogen-bond acceptors (Lipinski definition) is 2. The Kier molecular flexibility index (Phi) is 6.18. The predicted octanol–water partition coefficient (Wildman–Crippen LogP) is 4.67. The predicted molar refractivity (Wildman–Crippen MR) is 85.6 cm³/mol. The Labute approximate surface area is 127 Å². The molecule has 1 aliphatic carbocycles. The first-order valence-corrected chi connectivity index (χ1v) is 8.24. The van der Waals surface area contributed by atoms with E-state index >= 15 is 0 Å². The van der Waals surface area contributed by atoms with Crippen LogP contribution in [0.1, 0.15) is 46.0 Å². The number of ether oxygens (including phenoxy) is 1. The van der Waals surface area contributed by atoms with Crippen molar-refractivity contribution < 1.29 is 4.74 Å². The summed E-state index contributed by atoms with van der Waals surface area (Å²) in [5.74, 6) is 1.60. The van der Waals surface area contributed by atoms with E-state index in [0.29, 0.717) is 6.04 Å². The Morgan fingerprint density at radius 2 is 2.05 bits per heavy atom. The first-order chi connectivity index (χ1) is 9.70. The highest BCUT2D eigenvalue weighted by molar-refractivity contribution is 6.30. The smallest absolute Gasteiger partial charge is 0.121 e. The molecule has 2 nitrogen and oxygen atoms in total. The summed E-state index contributed by atoms with van der Waals surface area (Å²) in [6.07, 6.45) is 6.91. The quantitative estimate of drug-likeness (QED) is 0.824. The molecule has 1 fully saturated rings. The monoisotopic (exact) mass is 295 g/mol. The van der Waals surface area contributed by atoms with Gasteiger partial charge in [0.1, 0.15) is 11.9 Å². The molecule has 0 bridgehead atoms. The van der Waals surface area contributed by atoms with Gasteiger partial charge in [-0.3, -0.25) is 0 Å². The van der Waals surface area contributed by atoms with Crippen molar-refractivity contribution >= 4 is 11.6 Å². The van der Waals surface area contributed by atoms with Crippen LogP contribution in [0.15, 0.2) is 24.3 Å². The van der Waals surface area contributed by atoms with Crippen molar-refractivity contribution in [1.82, 2.24) is 5.32 Å². The van der Waals surface area contributed by atoms with Crippen LogP contribution in [-0.4, -0.2) is 18.7 Å². The van der Waals surface area contributed by atoms with Crippen LogP contribution in [0.3, 0.4) is 0 Å². The first kappa shape index (κ1) is 15.7. The molecule has 1 aromatic carbocycles. The van der Waals surface area contributed by atoms with Crippen molar-refractivity contribution in [2.75, 3.05) is 6.54 Å². The van der Waals surface area contributed by atoms with E-state index in [4.69, 9.17) is 16.3 Å². The average molecular weight is 296 g/mol. The van der Waals surface area contributed by atoms with Gasteiger partial charge in [0, 0.05) is 11.1 Å². The van der Waals surface area contributed by atoms with Crippen LogP contribution in [0, 0.1) is 5.92 Å². The molecule has 1 aliphatic rings. The second-order valence-electron chi connectivity index (χ2n) is 5.76. The van der Waals surface area contributed by atoms with Gasteiger partial charge in [-0.15, -0.1) is 0 Å². The molecule has 0 heterocycles. The molecule has 0 spiro atoms. The Balaban J connectivity index is 2.00. The summed E-state index contributed by atoms with van der Waals surface area (Å²) in [6, 6.07) is 8.11. The number of likely N-dealkylation sites (N-methyl/N-ethyl adjacent to an activating group) is 1. The maximum atomic E-state index is 6.12. The van der Waals surface area contributed by atoms with E-state index in [2.05, 4.69) is 19.2 Å². The highest BCUT2D eigenvalue weighted by Gasteiger charge is 2.28. The molecule has 0 radical (unpaired) electrons. The van der Waals surface area contributed by atoms with E-state index in [1.807, 2.05) is 24.3 Å². The fourth-order valence-electron chi connectivity index (χ4n) is 3.27. The highest BCUT2D eigenvalue weighted by atomic mass is 35.5. The number of rotatable bonds is 6. The largest absolute Gasteiger partial charge is 0.489 e. The van der Waals surface area contributed by atoms with Gasteiger partial charge in [0.15, 0.2) is 0 Å². The van der Waals surface area contributed by atoms with Gasteiger partial charge in [-0.05, 0) is 50.4 Å². The summed E-state index contributed by atoms with van der Waals surface area (Å²) >= 11 is 6.02. The van der Waals surface area contributed by atoms with E-state index < -0.39 is 0 Å². The maximum Gasteiger partial charge on any atom is 0.121 e. The van der Waals surface area contributed by atoms with E-state index in [-0.39, 0.29) is 6.10 Å². The van der Waals surface area contributed by atoms with Crippen LogP contribution in [-0.2, 0) is 0 Å².